The van der Waals surface area contributed by atoms with Gasteiger partial charge in [-0.2, -0.15) is 5.26 Å². The van der Waals surface area contributed by atoms with Gasteiger partial charge >= 0.3 is 0 Å². The van der Waals surface area contributed by atoms with Crippen molar-refractivity contribution in [2.75, 3.05) is 5.32 Å². The highest BCUT2D eigenvalue weighted by molar-refractivity contribution is 7.09. The highest BCUT2D eigenvalue weighted by Gasteiger charge is 1.98. The van der Waals surface area contributed by atoms with E-state index in [-0.39, 0.29) is 0 Å². The minimum atomic E-state index is 0.464. The van der Waals surface area contributed by atoms with Crippen LogP contribution in [0.5, 0.6) is 0 Å². The number of hydrogen-bond acceptors (Lipinski definition) is 4. The zero-order chi connectivity index (χ0) is 12.1. The maximum Gasteiger partial charge on any atom is 0.112 e. The standard InChI is InChI=1S/C13H13N3S/c1-10-9-17-13(16-10)8-15-12-4-2-11(3-5-12)6-7-14/h2-5,9,15H,6,8H2,1H3. The summed E-state index contributed by atoms with van der Waals surface area (Å²) in [6.07, 6.45) is 0.464. The molecule has 0 radical (unpaired) electrons. The van der Waals surface area contributed by atoms with Crippen LogP contribution in [0.3, 0.4) is 0 Å². The molecule has 0 aliphatic rings. The molecule has 0 saturated heterocycles. The van der Waals surface area contributed by atoms with Crippen LogP contribution < -0.4 is 5.32 Å². The number of hydrogen-bond donors (Lipinski definition) is 1. The number of benzene rings is 1. The smallest absolute Gasteiger partial charge is 0.112 e. The van der Waals surface area contributed by atoms with Gasteiger partial charge in [-0.05, 0) is 24.6 Å². The first-order chi connectivity index (χ1) is 8.28. The number of thiazole rings is 1. The molecule has 1 heterocycles. The van der Waals surface area contributed by atoms with Crippen molar-refractivity contribution in [3.05, 3.63) is 45.9 Å². The second-order valence-corrected chi connectivity index (χ2v) is 4.71. The molecule has 2 aromatic rings. The second-order valence-electron chi connectivity index (χ2n) is 3.77. The van der Waals surface area contributed by atoms with E-state index in [1.807, 2.05) is 36.6 Å². The normalized spacial score (nSPS) is 9.88. The van der Waals surface area contributed by atoms with E-state index in [1.54, 1.807) is 11.3 Å². The Morgan fingerprint density at radius 2 is 2.12 bits per heavy atom. The number of rotatable bonds is 4. The minimum absolute atomic E-state index is 0.464. The monoisotopic (exact) mass is 243 g/mol. The first-order valence-corrected chi connectivity index (χ1v) is 6.26. The SMILES string of the molecule is Cc1csc(CNc2ccc(CC#N)cc2)n1. The Labute approximate surface area is 105 Å². The third kappa shape index (κ3) is 3.30. The van der Waals surface area contributed by atoms with Crippen molar-refractivity contribution in [1.82, 2.24) is 4.98 Å². The van der Waals surface area contributed by atoms with Crippen molar-refractivity contribution < 1.29 is 0 Å². The van der Waals surface area contributed by atoms with Crippen LogP contribution in [0.2, 0.25) is 0 Å². The van der Waals surface area contributed by atoms with Gasteiger partial charge in [0.15, 0.2) is 0 Å². The number of nitriles is 1. The number of aryl methyl sites for hydroxylation is 1. The molecular weight excluding hydrogens is 230 g/mol. The lowest BCUT2D eigenvalue weighted by Gasteiger charge is -2.04. The molecule has 17 heavy (non-hydrogen) atoms. The first-order valence-electron chi connectivity index (χ1n) is 5.38. The Balaban J connectivity index is 1.93. The summed E-state index contributed by atoms with van der Waals surface area (Å²) in [6, 6.07) is 10.1. The van der Waals surface area contributed by atoms with Gasteiger partial charge in [0, 0.05) is 16.8 Å². The molecule has 1 aromatic carbocycles. The molecule has 86 valence electrons. The topological polar surface area (TPSA) is 48.7 Å². The lowest BCUT2D eigenvalue weighted by molar-refractivity contribution is 1.07. The minimum Gasteiger partial charge on any atom is -0.379 e. The Morgan fingerprint density at radius 3 is 2.71 bits per heavy atom. The van der Waals surface area contributed by atoms with Crippen LogP contribution in [-0.2, 0) is 13.0 Å². The van der Waals surface area contributed by atoms with Gasteiger partial charge in [-0.1, -0.05) is 12.1 Å². The summed E-state index contributed by atoms with van der Waals surface area (Å²) in [5, 5.41) is 15.0. The van der Waals surface area contributed by atoms with Gasteiger partial charge < -0.3 is 5.32 Å². The lowest BCUT2D eigenvalue weighted by Crippen LogP contribution is -1.98. The van der Waals surface area contributed by atoms with Crippen molar-refractivity contribution in [3.63, 3.8) is 0 Å². The highest BCUT2D eigenvalue weighted by atomic mass is 32.1. The molecule has 0 spiro atoms. The van der Waals surface area contributed by atoms with Crippen molar-refractivity contribution >= 4 is 17.0 Å². The van der Waals surface area contributed by atoms with E-state index in [4.69, 9.17) is 5.26 Å². The second kappa shape index (κ2) is 5.46. The van der Waals surface area contributed by atoms with Crippen LogP contribution in [0, 0.1) is 18.3 Å². The molecule has 0 fully saturated rings. The summed E-state index contributed by atoms with van der Waals surface area (Å²) < 4.78 is 0. The molecule has 0 unspecified atom stereocenters. The zero-order valence-corrected chi connectivity index (χ0v) is 10.4. The lowest BCUT2D eigenvalue weighted by atomic mass is 10.1. The van der Waals surface area contributed by atoms with Crippen LogP contribution in [0.4, 0.5) is 5.69 Å². The fourth-order valence-corrected chi connectivity index (χ4v) is 2.20. The Hall–Kier alpha value is -1.86. The third-order valence-corrected chi connectivity index (χ3v) is 3.31. The molecule has 0 bridgehead atoms. The van der Waals surface area contributed by atoms with Gasteiger partial charge in [0.1, 0.15) is 5.01 Å². The maximum absolute atomic E-state index is 8.57. The predicted molar refractivity (Wildman–Crippen MR) is 69.9 cm³/mol. The zero-order valence-electron chi connectivity index (χ0n) is 9.60. The predicted octanol–water partition coefficient (Wildman–Crippen LogP) is 3.13. The van der Waals surface area contributed by atoms with Crippen LogP contribution >= 0.6 is 11.3 Å². The van der Waals surface area contributed by atoms with Crippen molar-refractivity contribution in [1.29, 1.82) is 5.26 Å². The number of aromatic nitrogens is 1. The molecule has 1 aromatic heterocycles. The maximum atomic E-state index is 8.57. The summed E-state index contributed by atoms with van der Waals surface area (Å²) in [5.41, 5.74) is 3.17. The number of nitrogens with one attached hydrogen (secondary N) is 1. The Morgan fingerprint density at radius 1 is 1.35 bits per heavy atom. The van der Waals surface area contributed by atoms with E-state index < -0.39 is 0 Å². The highest BCUT2D eigenvalue weighted by Crippen LogP contribution is 2.13. The largest absolute Gasteiger partial charge is 0.379 e. The summed E-state index contributed by atoms with van der Waals surface area (Å²) >= 11 is 1.66. The summed E-state index contributed by atoms with van der Waals surface area (Å²) in [4.78, 5) is 4.39. The molecule has 0 saturated carbocycles. The van der Waals surface area contributed by atoms with E-state index in [1.165, 1.54) is 0 Å². The summed E-state index contributed by atoms with van der Waals surface area (Å²) in [6.45, 7) is 2.74. The van der Waals surface area contributed by atoms with Crippen molar-refractivity contribution in [2.24, 2.45) is 0 Å². The van der Waals surface area contributed by atoms with Crippen LogP contribution in [0.25, 0.3) is 0 Å². The van der Waals surface area contributed by atoms with Gasteiger partial charge in [0.25, 0.3) is 0 Å². The van der Waals surface area contributed by atoms with Gasteiger partial charge in [-0.15, -0.1) is 11.3 Å². The number of anilines is 1. The molecule has 4 heteroatoms. The fourth-order valence-electron chi connectivity index (χ4n) is 1.49. The quantitative estimate of drug-likeness (QED) is 0.897. The van der Waals surface area contributed by atoms with E-state index in [0.717, 1.165) is 28.5 Å². The fraction of sp³-hybridized carbons (Fsp3) is 0.231. The Bertz CT molecular complexity index is 522. The van der Waals surface area contributed by atoms with Gasteiger partial charge in [-0.3, -0.25) is 0 Å². The van der Waals surface area contributed by atoms with Crippen LogP contribution in [0.15, 0.2) is 29.6 Å². The van der Waals surface area contributed by atoms with Crippen LogP contribution in [0.1, 0.15) is 16.3 Å². The third-order valence-electron chi connectivity index (χ3n) is 2.35. The molecule has 0 aliphatic carbocycles. The average Bonchev–Trinajstić information content (AvgIpc) is 2.75. The molecule has 0 amide bonds. The molecule has 3 nitrogen and oxygen atoms in total. The molecule has 0 aliphatic heterocycles. The van der Waals surface area contributed by atoms with Crippen LogP contribution in [-0.4, -0.2) is 4.98 Å². The van der Waals surface area contributed by atoms with E-state index in [9.17, 15) is 0 Å². The molecule has 2 rings (SSSR count). The van der Waals surface area contributed by atoms with E-state index in [0.29, 0.717) is 6.42 Å². The van der Waals surface area contributed by atoms with E-state index in [2.05, 4.69) is 16.4 Å². The summed E-state index contributed by atoms with van der Waals surface area (Å²) in [5.74, 6) is 0. The van der Waals surface area contributed by atoms with Crippen molar-refractivity contribution in [3.8, 4) is 6.07 Å². The van der Waals surface area contributed by atoms with Gasteiger partial charge in [-0.25, -0.2) is 4.98 Å². The van der Waals surface area contributed by atoms with Crippen molar-refractivity contribution in [2.45, 2.75) is 19.9 Å². The average molecular weight is 243 g/mol. The number of nitrogens with zero attached hydrogens (tertiary/aromatic N) is 2. The molecular formula is C13H13N3S. The van der Waals surface area contributed by atoms with Gasteiger partial charge in [0.2, 0.25) is 0 Å². The van der Waals surface area contributed by atoms with E-state index >= 15 is 0 Å². The first kappa shape index (κ1) is 11.6. The molecule has 0 atom stereocenters. The Kier molecular flexibility index (Phi) is 3.73. The molecule has 1 N–H and O–H groups in total. The summed E-state index contributed by atoms with van der Waals surface area (Å²) in [7, 11) is 0. The van der Waals surface area contributed by atoms with Gasteiger partial charge in [0.05, 0.1) is 19.0 Å².